The summed E-state index contributed by atoms with van der Waals surface area (Å²) in [5, 5.41) is 15.1. The molecule has 0 aliphatic carbocycles. The first-order valence-electron chi connectivity index (χ1n) is 8.82. The number of ether oxygens (including phenoxy) is 1. The molecule has 0 bridgehead atoms. The quantitative estimate of drug-likeness (QED) is 0.392. The van der Waals surface area contributed by atoms with Crippen molar-refractivity contribution in [1.29, 1.82) is 0 Å². The van der Waals surface area contributed by atoms with Crippen LogP contribution in [0, 0.1) is 24.0 Å². The number of aromatic nitrogens is 1. The van der Waals surface area contributed by atoms with Gasteiger partial charge in [-0.3, -0.25) is 14.9 Å². The van der Waals surface area contributed by atoms with Crippen LogP contribution >= 0.6 is 0 Å². The molecule has 1 heterocycles. The summed E-state index contributed by atoms with van der Waals surface area (Å²) < 4.78 is 7.08. The standard InChI is InChI=1S/C21H20N4O4/c1-14-11-16(13-22-23-21(26)19-9-4-5-10-20(19)29-3)15(2)24(14)17-7-6-8-18(12-17)25(27)28/h4-13H,1-3H3,(H,23,26)/b22-13-. The largest absolute Gasteiger partial charge is 0.496 e. The number of hydrogen-bond donors (Lipinski definition) is 1. The van der Waals surface area contributed by atoms with E-state index in [1.807, 2.05) is 24.5 Å². The minimum absolute atomic E-state index is 0.0225. The number of non-ortho nitro benzene ring substituents is 1. The molecule has 0 fully saturated rings. The lowest BCUT2D eigenvalue weighted by molar-refractivity contribution is -0.384. The molecule has 148 valence electrons. The maximum Gasteiger partial charge on any atom is 0.275 e. The van der Waals surface area contributed by atoms with Gasteiger partial charge < -0.3 is 9.30 Å². The molecule has 0 atom stereocenters. The van der Waals surface area contributed by atoms with Crippen LogP contribution in [-0.2, 0) is 0 Å². The van der Waals surface area contributed by atoms with Crippen LogP contribution in [0.1, 0.15) is 27.3 Å². The van der Waals surface area contributed by atoms with Gasteiger partial charge in [-0.25, -0.2) is 5.43 Å². The van der Waals surface area contributed by atoms with Crippen molar-refractivity contribution in [3.05, 3.63) is 87.2 Å². The number of nitro groups is 1. The summed E-state index contributed by atoms with van der Waals surface area (Å²) in [6.07, 6.45) is 1.55. The van der Waals surface area contributed by atoms with E-state index in [0.717, 1.165) is 17.0 Å². The summed E-state index contributed by atoms with van der Waals surface area (Å²) in [5.41, 5.74) is 6.11. The fraction of sp³-hybridized carbons (Fsp3) is 0.143. The zero-order valence-electron chi connectivity index (χ0n) is 16.2. The van der Waals surface area contributed by atoms with Crippen molar-refractivity contribution in [3.8, 4) is 11.4 Å². The predicted molar refractivity (Wildman–Crippen MR) is 110 cm³/mol. The summed E-state index contributed by atoms with van der Waals surface area (Å²) in [7, 11) is 1.50. The second-order valence-electron chi connectivity index (χ2n) is 6.34. The number of carbonyl (C=O) groups excluding carboxylic acids is 1. The molecule has 0 aliphatic rings. The Morgan fingerprint density at radius 1 is 1.17 bits per heavy atom. The molecule has 0 radical (unpaired) electrons. The van der Waals surface area contributed by atoms with Gasteiger partial charge in [0.1, 0.15) is 5.75 Å². The van der Waals surface area contributed by atoms with Crippen LogP contribution < -0.4 is 10.2 Å². The molecule has 1 amide bonds. The smallest absolute Gasteiger partial charge is 0.275 e. The lowest BCUT2D eigenvalue weighted by Crippen LogP contribution is -2.18. The zero-order chi connectivity index (χ0) is 21.0. The van der Waals surface area contributed by atoms with Gasteiger partial charge in [0.2, 0.25) is 0 Å². The SMILES string of the molecule is COc1ccccc1C(=O)N/N=C\c1cc(C)n(-c2cccc([N+](=O)[O-])c2)c1C. The van der Waals surface area contributed by atoms with Crippen LogP contribution in [-0.4, -0.2) is 28.7 Å². The Morgan fingerprint density at radius 2 is 1.93 bits per heavy atom. The molecule has 0 spiro atoms. The number of hydrogen-bond acceptors (Lipinski definition) is 5. The van der Waals surface area contributed by atoms with Crippen LogP contribution in [0.15, 0.2) is 59.7 Å². The Bertz CT molecular complexity index is 1100. The van der Waals surface area contributed by atoms with Crippen molar-refractivity contribution in [1.82, 2.24) is 9.99 Å². The average Bonchev–Trinajstić information content (AvgIpc) is 3.01. The number of rotatable bonds is 6. The molecule has 29 heavy (non-hydrogen) atoms. The Hall–Kier alpha value is -3.94. The first kappa shape index (κ1) is 19.8. The number of hydrazone groups is 1. The summed E-state index contributed by atoms with van der Waals surface area (Å²) in [6.45, 7) is 3.78. The van der Waals surface area contributed by atoms with E-state index in [-0.39, 0.29) is 11.6 Å². The highest BCUT2D eigenvalue weighted by Gasteiger charge is 2.13. The maximum atomic E-state index is 12.3. The minimum Gasteiger partial charge on any atom is -0.496 e. The van der Waals surface area contributed by atoms with E-state index in [2.05, 4.69) is 10.5 Å². The first-order chi connectivity index (χ1) is 13.9. The zero-order valence-corrected chi connectivity index (χ0v) is 16.2. The molecule has 3 rings (SSSR count). The average molecular weight is 392 g/mol. The number of nitro benzene ring substituents is 1. The Balaban J connectivity index is 1.83. The van der Waals surface area contributed by atoms with Gasteiger partial charge in [0.05, 0.1) is 29.5 Å². The van der Waals surface area contributed by atoms with Gasteiger partial charge in [-0.05, 0) is 38.1 Å². The molecular formula is C21H20N4O4. The molecule has 8 nitrogen and oxygen atoms in total. The van der Waals surface area contributed by atoms with Gasteiger partial charge in [-0.15, -0.1) is 0 Å². The first-order valence-corrected chi connectivity index (χ1v) is 8.82. The summed E-state index contributed by atoms with van der Waals surface area (Å²) in [6, 6.07) is 15.2. The number of amides is 1. The second kappa shape index (κ2) is 8.39. The number of carbonyl (C=O) groups is 1. The van der Waals surface area contributed by atoms with Crippen LogP contribution in [0.25, 0.3) is 5.69 Å². The second-order valence-corrected chi connectivity index (χ2v) is 6.34. The third-order valence-corrected chi connectivity index (χ3v) is 4.49. The fourth-order valence-electron chi connectivity index (χ4n) is 3.11. The van der Waals surface area contributed by atoms with Crippen molar-refractivity contribution in [2.75, 3.05) is 7.11 Å². The number of nitrogens with zero attached hydrogens (tertiary/aromatic N) is 3. The van der Waals surface area contributed by atoms with Crippen LogP contribution in [0.4, 0.5) is 5.69 Å². The highest BCUT2D eigenvalue weighted by Crippen LogP contribution is 2.23. The number of methoxy groups -OCH3 is 1. The van der Waals surface area contributed by atoms with E-state index in [1.54, 1.807) is 42.6 Å². The van der Waals surface area contributed by atoms with Crippen molar-refractivity contribution in [3.63, 3.8) is 0 Å². The monoisotopic (exact) mass is 392 g/mol. The van der Waals surface area contributed by atoms with E-state index < -0.39 is 4.92 Å². The summed E-state index contributed by atoms with van der Waals surface area (Å²) in [4.78, 5) is 23.0. The lowest BCUT2D eigenvalue weighted by Gasteiger charge is -2.09. The van der Waals surface area contributed by atoms with E-state index >= 15 is 0 Å². The number of nitrogens with one attached hydrogen (secondary N) is 1. The van der Waals surface area contributed by atoms with Gasteiger partial charge in [0.15, 0.2) is 0 Å². The van der Waals surface area contributed by atoms with E-state index in [9.17, 15) is 14.9 Å². The van der Waals surface area contributed by atoms with Gasteiger partial charge >= 0.3 is 0 Å². The molecule has 0 unspecified atom stereocenters. The Kier molecular flexibility index (Phi) is 5.73. The van der Waals surface area contributed by atoms with Gasteiger partial charge in [-0.2, -0.15) is 5.10 Å². The predicted octanol–water partition coefficient (Wildman–Crippen LogP) is 3.77. The molecule has 2 aromatic carbocycles. The summed E-state index contributed by atoms with van der Waals surface area (Å²) in [5.74, 6) is 0.0789. The van der Waals surface area contributed by atoms with Crippen molar-refractivity contribution >= 4 is 17.8 Å². The van der Waals surface area contributed by atoms with Crippen LogP contribution in [0.2, 0.25) is 0 Å². The molecule has 3 aromatic rings. The molecule has 0 aliphatic heterocycles. The Morgan fingerprint density at radius 3 is 2.66 bits per heavy atom. The highest BCUT2D eigenvalue weighted by atomic mass is 16.6. The van der Waals surface area contributed by atoms with E-state index in [0.29, 0.717) is 17.0 Å². The van der Waals surface area contributed by atoms with Crippen molar-refractivity contribution in [2.24, 2.45) is 5.10 Å². The third kappa shape index (κ3) is 4.16. The highest BCUT2D eigenvalue weighted by molar-refractivity contribution is 5.97. The van der Waals surface area contributed by atoms with Crippen molar-refractivity contribution in [2.45, 2.75) is 13.8 Å². The molecular weight excluding hydrogens is 372 g/mol. The van der Waals surface area contributed by atoms with E-state index in [1.165, 1.54) is 19.2 Å². The maximum absolute atomic E-state index is 12.3. The van der Waals surface area contributed by atoms with Gasteiger partial charge in [0, 0.05) is 29.1 Å². The lowest BCUT2D eigenvalue weighted by atomic mass is 10.2. The fourth-order valence-corrected chi connectivity index (χ4v) is 3.11. The number of benzene rings is 2. The number of aryl methyl sites for hydroxylation is 1. The third-order valence-electron chi connectivity index (χ3n) is 4.49. The topological polar surface area (TPSA) is 98.8 Å². The molecule has 0 saturated heterocycles. The van der Waals surface area contributed by atoms with Crippen LogP contribution in [0.5, 0.6) is 5.75 Å². The molecule has 0 saturated carbocycles. The molecule has 8 heteroatoms. The molecule has 1 N–H and O–H groups in total. The summed E-state index contributed by atoms with van der Waals surface area (Å²) >= 11 is 0. The van der Waals surface area contributed by atoms with Gasteiger partial charge in [-0.1, -0.05) is 18.2 Å². The van der Waals surface area contributed by atoms with Crippen LogP contribution in [0.3, 0.4) is 0 Å². The minimum atomic E-state index is -0.423. The normalized spacial score (nSPS) is 10.9. The van der Waals surface area contributed by atoms with Gasteiger partial charge in [0.25, 0.3) is 11.6 Å². The molecule has 1 aromatic heterocycles. The van der Waals surface area contributed by atoms with Crippen molar-refractivity contribution < 1.29 is 14.5 Å². The Labute approximate surface area is 167 Å². The van der Waals surface area contributed by atoms with E-state index in [4.69, 9.17) is 4.74 Å². The number of para-hydroxylation sites is 1.